The zero-order valence-corrected chi connectivity index (χ0v) is 14.4. The molecule has 1 atom stereocenters. The van der Waals surface area contributed by atoms with Gasteiger partial charge in [-0.1, -0.05) is 25.1 Å². The van der Waals surface area contributed by atoms with Gasteiger partial charge in [0.25, 0.3) is 0 Å². The molecule has 0 radical (unpaired) electrons. The minimum Gasteiger partial charge on any atom is -0.493 e. The molecule has 23 heavy (non-hydrogen) atoms. The lowest BCUT2D eigenvalue weighted by atomic mass is 9.97. The van der Waals surface area contributed by atoms with Crippen LogP contribution in [-0.2, 0) is 11.2 Å². The van der Waals surface area contributed by atoms with Gasteiger partial charge in [0.2, 0.25) is 0 Å². The molecular weight excluding hydrogens is 290 g/mol. The van der Waals surface area contributed by atoms with Crippen LogP contribution in [0.3, 0.4) is 0 Å². The number of amides is 1. The Kier molecular flexibility index (Phi) is 4.09. The molecule has 0 fully saturated rings. The molecule has 0 N–H and O–H groups in total. The summed E-state index contributed by atoms with van der Waals surface area (Å²) < 4.78 is 11.3. The maximum Gasteiger partial charge on any atom is 0.414 e. The molecule has 0 bridgehead atoms. The molecule has 2 aliphatic rings. The minimum absolute atomic E-state index is 0.281. The van der Waals surface area contributed by atoms with Crippen LogP contribution in [0.15, 0.2) is 24.3 Å². The molecule has 124 valence electrons. The molecule has 2 heterocycles. The number of carbonyl (C=O) groups is 1. The van der Waals surface area contributed by atoms with Crippen molar-refractivity contribution in [1.82, 2.24) is 4.90 Å². The lowest BCUT2D eigenvalue weighted by Crippen LogP contribution is -2.39. The highest BCUT2D eigenvalue weighted by atomic mass is 16.6. The second-order valence-corrected chi connectivity index (χ2v) is 7.44. The van der Waals surface area contributed by atoms with E-state index in [4.69, 9.17) is 9.47 Å². The van der Waals surface area contributed by atoms with Crippen LogP contribution in [0.5, 0.6) is 5.75 Å². The van der Waals surface area contributed by atoms with E-state index in [0.29, 0.717) is 12.5 Å². The third kappa shape index (κ3) is 3.52. The second kappa shape index (κ2) is 5.91. The number of hydrogen-bond donors (Lipinski definition) is 0. The van der Waals surface area contributed by atoms with Crippen LogP contribution >= 0.6 is 0 Å². The van der Waals surface area contributed by atoms with Crippen LogP contribution in [0.2, 0.25) is 0 Å². The number of benzene rings is 1. The van der Waals surface area contributed by atoms with Crippen LogP contribution in [0.4, 0.5) is 4.79 Å². The maximum atomic E-state index is 12.6. The molecule has 3 rings (SSSR count). The second-order valence-electron chi connectivity index (χ2n) is 7.44. The molecule has 1 aromatic rings. The first-order chi connectivity index (χ1) is 10.8. The molecule has 4 nitrogen and oxygen atoms in total. The molecule has 4 heteroatoms. The highest BCUT2D eigenvalue weighted by molar-refractivity contribution is 5.83. The van der Waals surface area contributed by atoms with E-state index in [-0.39, 0.29) is 6.09 Å². The van der Waals surface area contributed by atoms with Gasteiger partial charge < -0.3 is 9.47 Å². The summed E-state index contributed by atoms with van der Waals surface area (Å²) in [6.07, 6.45) is 3.78. The van der Waals surface area contributed by atoms with Gasteiger partial charge in [0.1, 0.15) is 11.4 Å². The number of carbonyl (C=O) groups excluding carboxylic acids is 1. The van der Waals surface area contributed by atoms with Crippen molar-refractivity contribution < 1.29 is 14.3 Å². The van der Waals surface area contributed by atoms with Gasteiger partial charge in [-0.25, -0.2) is 4.79 Å². The molecule has 0 saturated heterocycles. The van der Waals surface area contributed by atoms with Crippen LogP contribution < -0.4 is 4.74 Å². The van der Waals surface area contributed by atoms with Crippen molar-refractivity contribution in [1.29, 1.82) is 0 Å². The molecule has 0 aliphatic carbocycles. The normalized spacial score (nSPS) is 20.6. The first-order valence-corrected chi connectivity index (χ1v) is 8.30. The lowest BCUT2D eigenvalue weighted by molar-refractivity contribution is 0.0327. The summed E-state index contributed by atoms with van der Waals surface area (Å²) in [5.74, 6) is 1.36. The molecule has 0 aromatic heterocycles. The van der Waals surface area contributed by atoms with E-state index >= 15 is 0 Å². The summed E-state index contributed by atoms with van der Waals surface area (Å²) in [7, 11) is 0. The smallest absolute Gasteiger partial charge is 0.414 e. The van der Waals surface area contributed by atoms with Gasteiger partial charge in [-0.2, -0.15) is 0 Å². The molecule has 1 aromatic carbocycles. The average Bonchev–Trinajstić information content (AvgIpc) is 2.92. The number of rotatable bonds is 1. The van der Waals surface area contributed by atoms with Gasteiger partial charge in [0.05, 0.1) is 12.3 Å². The highest BCUT2D eigenvalue weighted by Crippen LogP contribution is 2.33. The van der Waals surface area contributed by atoms with E-state index in [1.54, 1.807) is 4.90 Å². The first-order valence-electron chi connectivity index (χ1n) is 8.30. The zero-order valence-electron chi connectivity index (χ0n) is 14.4. The number of allylic oxidation sites excluding steroid dienone is 1. The van der Waals surface area contributed by atoms with Crippen molar-refractivity contribution in [2.75, 3.05) is 13.2 Å². The summed E-state index contributed by atoms with van der Waals surface area (Å²) in [6, 6.07) is 6.22. The molecule has 2 aliphatic heterocycles. The Morgan fingerprint density at radius 1 is 1.35 bits per heavy atom. The molecular formula is C19H25NO3. The molecule has 1 amide bonds. The number of ether oxygens (including phenoxy) is 2. The fraction of sp³-hybridized carbons (Fsp3) is 0.526. The standard InChI is InChI=1S/C19H25NO3/c1-13-5-8-16(20(12-13)18(21)23-19(2,3)4)15-7-6-14-9-10-22-17(14)11-15/h6-8,11,13H,5,9-10,12H2,1-4H3/t13-/m0/s1. The third-order valence-corrected chi connectivity index (χ3v) is 4.10. The minimum atomic E-state index is -0.496. The van der Waals surface area contributed by atoms with Crippen molar-refractivity contribution in [3.8, 4) is 5.75 Å². The fourth-order valence-electron chi connectivity index (χ4n) is 3.00. The topological polar surface area (TPSA) is 38.8 Å². The summed E-state index contributed by atoms with van der Waals surface area (Å²) >= 11 is 0. The lowest BCUT2D eigenvalue weighted by Gasteiger charge is -2.34. The Bertz CT molecular complexity index is 643. The number of fused-ring (bicyclic) bond motifs is 1. The first kappa shape index (κ1) is 15.9. The Balaban J connectivity index is 1.90. The van der Waals surface area contributed by atoms with Crippen LogP contribution in [0, 0.1) is 5.92 Å². The molecule has 0 saturated carbocycles. The summed E-state index contributed by atoms with van der Waals surface area (Å²) in [4.78, 5) is 14.4. The summed E-state index contributed by atoms with van der Waals surface area (Å²) in [5.41, 5.74) is 2.69. The average molecular weight is 315 g/mol. The summed E-state index contributed by atoms with van der Waals surface area (Å²) in [5, 5.41) is 0. The quantitative estimate of drug-likeness (QED) is 0.778. The predicted molar refractivity (Wildman–Crippen MR) is 90.3 cm³/mol. The predicted octanol–water partition coefficient (Wildman–Crippen LogP) is 4.24. The van der Waals surface area contributed by atoms with E-state index in [0.717, 1.165) is 36.5 Å². The van der Waals surface area contributed by atoms with Gasteiger partial charge >= 0.3 is 6.09 Å². The zero-order chi connectivity index (χ0) is 16.6. The van der Waals surface area contributed by atoms with Crippen molar-refractivity contribution in [2.24, 2.45) is 5.92 Å². The van der Waals surface area contributed by atoms with Crippen LogP contribution in [-0.4, -0.2) is 29.7 Å². The monoisotopic (exact) mass is 315 g/mol. The van der Waals surface area contributed by atoms with Crippen molar-refractivity contribution in [3.63, 3.8) is 0 Å². The van der Waals surface area contributed by atoms with Crippen molar-refractivity contribution >= 4 is 11.8 Å². The Morgan fingerprint density at radius 2 is 2.13 bits per heavy atom. The van der Waals surface area contributed by atoms with Gasteiger partial charge in [-0.15, -0.1) is 0 Å². The van der Waals surface area contributed by atoms with Gasteiger partial charge in [-0.05, 0) is 44.7 Å². The SMILES string of the molecule is C[C@H]1CC=C(c2ccc3c(c2)OCC3)N(C(=O)OC(C)(C)C)C1. The third-order valence-electron chi connectivity index (χ3n) is 4.10. The van der Waals surface area contributed by atoms with Gasteiger partial charge in [0.15, 0.2) is 0 Å². The number of nitrogens with zero attached hydrogens (tertiary/aromatic N) is 1. The largest absolute Gasteiger partial charge is 0.493 e. The fourth-order valence-corrected chi connectivity index (χ4v) is 3.00. The van der Waals surface area contributed by atoms with Gasteiger partial charge in [0, 0.05) is 18.5 Å². The highest BCUT2D eigenvalue weighted by Gasteiger charge is 2.29. The van der Waals surface area contributed by atoms with Crippen LogP contribution in [0.1, 0.15) is 45.2 Å². The van der Waals surface area contributed by atoms with E-state index < -0.39 is 5.60 Å². The Morgan fingerprint density at radius 3 is 2.87 bits per heavy atom. The van der Waals surface area contributed by atoms with Crippen LogP contribution in [0.25, 0.3) is 5.70 Å². The van der Waals surface area contributed by atoms with Crippen molar-refractivity contribution in [2.45, 2.75) is 46.1 Å². The Hall–Kier alpha value is -1.97. The molecule has 0 unspecified atom stereocenters. The van der Waals surface area contributed by atoms with Crippen molar-refractivity contribution in [3.05, 3.63) is 35.4 Å². The molecule has 0 spiro atoms. The maximum absolute atomic E-state index is 12.6. The number of hydrogen-bond acceptors (Lipinski definition) is 3. The van der Waals surface area contributed by atoms with E-state index in [9.17, 15) is 4.79 Å². The summed E-state index contributed by atoms with van der Waals surface area (Å²) in [6.45, 7) is 9.25. The van der Waals surface area contributed by atoms with E-state index in [1.807, 2.05) is 26.8 Å². The van der Waals surface area contributed by atoms with E-state index in [2.05, 4.69) is 25.1 Å². The Labute approximate surface area is 138 Å². The van der Waals surface area contributed by atoms with E-state index in [1.165, 1.54) is 5.56 Å². The van der Waals surface area contributed by atoms with Gasteiger partial charge in [-0.3, -0.25) is 4.90 Å².